The van der Waals surface area contributed by atoms with Gasteiger partial charge in [-0.15, -0.1) is 12.4 Å². The van der Waals surface area contributed by atoms with Crippen LogP contribution in [0.5, 0.6) is 0 Å². The first-order chi connectivity index (χ1) is 8.74. The van der Waals surface area contributed by atoms with Gasteiger partial charge < -0.3 is 10.6 Å². The fraction of sp³-hybridized carbons (Fsp3) is 0.417. The van der Waals surface area contributed by atoms with Gasteiger partial charge in [0.15, 0.2) is 0 Å². The Kier molecular flexibility index (Phi) is 7.40. The van der Waals surface area contributed by atoms with Gasteiger partial charge in [-0.05, 0) is 43.0 Å². The van der Waals surface area contributed by atoms with E-state index in [9.17, 15) is 18.0 Å². The first-order valence-electron chi connectivity index (χ1n) is 5.57. The Bertz CT molecular complexity index is 439. The highest BCUT2D eigenvalue weighted by atomic mass is 35.5. The summed E-state index contributed by atoms with van der Waals surface area (Å²) >= 11 is -0.205. The van der Waals surface area contributed by atoms with E-state index in [0.717, 1.165) is 0 Å². The van der Waals surface area contributed by atoms with Crippen LogP contribution in [0.25, 0.3) is 0 Å². The largest absolute Gasteiger partial charge is 0.446 e. The molecule has 0 aliphatic carbocycles. The summed E-state index contributed by atoms with van der Waals surface area (Å²) in [6.45, 7) is 2.12. The van der Waals surface area contributed by atoms with E-state index >= 15 is 0 Å². The van der Waals surface area contributed by atoms with Crippen LogP contribution < -0.4 is 5.73 Å². The van der Waals surface area contributed by atoms with E-state index in [1.54, 1.807) is 14.0 Å². The number of alkyl halides is 3. The number of nitrogens with two attached hydrogens (primary N) is 1. The molecular formula is C12H16ClF3N2OS. The number of rotatable bonds is 4. The van der Waals surface area contributed by atoms with Gasteiger partial charge in [-0.3, -0.25) is 4.79 Å². The van der Waals surface area contributed by atoms with Crippen molar-refractivity contribution in [2.24, 2.45) is 5.73 Å². The van der Waals surface area contributed by atoms with Crippen LogP contribution in [0.4, 0.5) is 13.2 Å². The summed E-state index contributed by atoms with van der Waals surface area (Å²) in [6, 6.07) is 5.21. The second-order valence-corrected chi connectivity index (χ2v) is 5.21. The fourth-order valence-electron chi connectivity index (χ4n) is 1.36. The lowest BCUT2D eigenvalue weighted by Crippen LogP contribution is -2.39. The second kappa shape index (κ2) is 7.75. The monoisotopic (exact) mass is 328 g/mol. The minimum atomic E-state index is -4.32. The van der Waals surface area contributed by atoms with Gasteiger partial charge in [-0.1, -0.05) is 0 Å². The third-order valence-electron chi connectivity index (χ3n) is 2.66. The molecule has 0 radical (unpaired) electrons. The molecule has 1 aromatic carbocycles. The molecule has 0 aliphatic heterocycles. The van der Waals surface area contributed by atoms with Crippen LogP contribution in [0.3, 0.4) is 0 Å². The summed E-state index contributed by atoms with van der Waals surface area (Å²) in [6.07, 6.45) is 0. The summed E-state index contributed by atoms with van der Waals surface area (Å²) in [4.78, 5) is 13.5. The second-order valence-electron chi connectivity index (χ2n) is 4.07. The maximum Gasteiger partial charge on any atom is 0.446 e. The Balaban J connectivity index is 0.00000361. The SMILES string of the molecule is CC(CN)N(C)C(=O)c1ccc(SC(F)(F)F)cc1.Cl. The third kappa shape index (κ3) is 5.60. The normalized spacial score (nSPS) is 12.5. The van der Waals surface area contributed by atoms with Crippen molar-refractivity contribution in [2.45, 2.75) is 23.4 Å². The zero-order chi connectivity index (χ0) is 14.6. The van der Waals surface area contributed by atoms with Crippen molar-refractivity contribution in [3.8, 4) is 0 Å². The number of hydrogen-bond acceptors (Lipinski definition) is 3. The predicted molar refractivity (Wildman–Crippen MR) is 76.2 cm³/mol. The molecule has 0 spiro atoms. The molecule has 0 aliphatic rings. The van der Waals surface area contributed by atoms with E-state index < -0.39 is 5.51 Å². The molecule has 1 rings (SSSR count). The molecule has 0 saturated carbocycles. The summed E-state index contributed by atoms with van der Waals surface area (Å²) in [7, 11) is 1.61. The third-order valence-corrected chi connectivity index (χ3v) is 3.40. The van der Waals surface area contributed by atoms with Crippen LogP contribution in [-0.2, 0) is 0 Å². The zero-order valence-corrected chi connectivity index (χ0v) is 12.6. The maximum atomic E-state index is 12.2. The van der Waals surface area contributed by atoms with Gasteiger partial charge in [0, 0.05) is 30.1 Å². The van der Waals surface area contributed by atoms with Gasteiger partial charge in [0.25, 0.3) is 5.91 Å². The predicted octanol–water partition coefficient (Wildman–Crippen LogP) is 3.14. The number of nitrogens with zero attached hydrogens (tertiary/aromatic N) is 1. The van der Waals surface area contributed by atoms with Crippen molar-refractivity contribution in [1.29, 1.82) is 0 Å². The molecular weight excluding hydrogens is 313 g/mol. The van der Waals surface area contributed by atoms with E-state index in [2.05, 4.69) is 0 Å². The molecule has 20 heavy (non-hydrogen) atoms. The zero-order valence-electron chi connectivity index (χ0n) is 11.0. The van der Waals surface area contributed by atoms with E-state index in [-0.39, 0.29) is 41.0 Å². The number of halogens is 4. The Morgan fingerprint density at radius 3 is 2.25 bits per heavy atom. The highest BCUT2D eigenvalue weighted by molar-refractivity contribution is 8.00. The topological polar surface area (TPSA) is 46.3 Å². The van der Waals surface area contributed by atoms with Crippen LogP contribution in [0.2, 0.25) is 0 Å². The van der Waals surface area contributed by atoms with Crippen molar-refractivity contribution < 1.29 is 18.0 Å². The van der Waals surface area contributed by atoms with Crippen LogP contribution >= 0.6 is 24.2 Å². The molecule has 2 N–H and O–H groups in total. The first-order valence-corrected chi connectivity index (χ1v) is 6.39. The van der Waals surface area contributed by atoms with E-state index in [1.807, 2.05) is 0 Å². The molecule has 0 heterocycles. The molecule has 0 saturated heterocycles. The Morgan fingerprint density at radius 2 is 1.85 bits per heavy atom. The summed E-state index contributed by atoms with van der Waals surface area (Å²) in [5, 5.41) is 0. The number of thioether (sulfide) groups is 1. The molecule has 0 fully saturated rings. The first kappa shape index (κ1) is 19.1. The van der Waals surface area contributed by atoms with Crippen molar-refractivity contribution in [3.05, 3.63) is 29.8 Å². The molecule has 1 atom stereocenters. The average Bonchev–Trinajstić information content (AvgIpc) is 2.35. The van der Waals surface area contributed by atoms with Crippen molar-refractivity contribution >= 4 is 30.1 Å². The summed E-state index contributed by atoms with van der Waals surface area (Å²) < 4.78 is 36.5. The quantitative estimate of drug-likeness (QED) is 0.864. The van der Waals surface area contributed by atoms with E-state index in [0.29, 0.717) is 12.1 Å². The van der Waals surface area contributed by atoms with Gasteiger partial charge in [0.05, 0.1) is 0 Å². The van der Waals surface area contributed by atoms with Gasteiger partial charge in [0.2, 0.25) is 0 Å². The maximum absolute atomic E-state index is 12.2. The number of amides is 1. The number of carbonyl (C=O) groups excluding carboxylic acids is 1. The smallest absolute Gasteiger partial charge is 0.338 e. The van der Waals surface area contributed by atoms with E-state index in [1.165, 1.54) is 29.2 Å². The van der Waals surface area contributed by atoms with Crippen LogP contribution in [0.15, 0.2) is 29.2 Å². The van der Waals surface area contributed by atoms with Gasteiger partial charge >= 0.3 is 5.51 Å². The van der Waals surface area contributed by atoms with Gasteiger partial charge in [0.1, 0.15) is 0 Å². The number of benzene rings is 1. The Morgan fingerprint density at radius 1 is 1.35 bits per heavy atom. The Hall–Kier alpha value is -0.920. The molecule has 0 aromatic heterocycles. The highest BCUT2D eigenvalue weighted by Crippen LogP contribution is 2.36. The number of carbonyl (C=O) groups is 1. The molecule has 114 valence electrons. The molecule has 1 unspecified atom stereocenters. The number of hydrogen-bond donors (Lipinski definition) is 1. The minimum Gasteiger partial charge on any atom is -0.338 e. The highest BCUT2D eigenvalue weighted by Gasteiger charge is 2.29. The Labute approximate surface area is 126 Å². The molecule has 0 bridgehead atoms. The fourth-order valence-corrected chi connectivity index (χ4v) is 1.90. The van der Waals surface area contributed by atoms with E-state index in [4.69, 9.17) is 5.73 Å². The van der Waals surface area contributed by atoms with Gasteiger partial charge in [-0.2, -0.15) is 13.2 Å². The number of likely N-dealkylation sites (N-methyl/N-ethyl adjacent to an activating group) is 1. The summed E-state index contributed by atoms with van der Waals surface area (Å²) in [5.74, 6) is -0.262. The summed E-state index contributed by atoms with van der Waals surface area (Å²) in [5.41, 5.74) is 1.48. The van der Waals surface area contributed by atoms with Crippen LogP contribution in [0, 0.1) is 0 Å². The van der Waals surface area contributed by atoms with Crippen molar-refractivity contribution in [2.75, 3.05) is 13.6 Å². The van der Waals surface area contributed by atoms with Crippen molar-refractivity contribution in [1.82, 2.24) is 4.90 Å². The molecule has 8 heteroatoms. The lowest BCUT2D eigenvalue weighted by molar-refractivity contribution is -0.0328. The van der Waals surface area contributed by atoms with Crippen LogP contribution in [-0.4, -0.2) is 35.9 Å². The standard InChI is InChI=1S/C12H15F3N2OS.ClH/c1-8(7-16)17(2)11(18)9-3-5-10(6-4-9)19-12(13,14)15;/h3-6,8H,7,16H2,1-2H3;1H. The lowest BCUT2D eigenvalue weighted by atomic mass is 10.2. The lowest BCUT2D eigenvalue weighted by Gasteiger charge is -2.23. The minimum absolute atomic E-state index is 0. The average molecular weight is 329 g/mol. The van der Waals surface area contributed by atoms with Gasteiger partial charge in [-0.25, -0.2) is 0 Å². The van der Waals surface area contributed by atoms with Crippen LogP contribution in [0.1, 0.15) is 17.3 Å². The molecule has 3 nitrogen and oxygen atoms in total. The molecule has 1 aromatic rings. The van der Waals surface area contributed by atoms with Crippen molar-refractivity contribution in [3.63, 3.8) is 0 Å². The molecule has 1 amide bonds.